The van der Waals surface area contributed by atoms with E-state index in [2.05, 4.69) is 22.8 Å². The van der Waals surface area contributed by atoms with E-state index in [4.69, 9.17) is 4.74 Å². The first kappa shape index (κ1) is 23.0. The van der Waals surface area contributed by atoms with Gasteiger partial charge in [0, 0.05) is 49.5 Å². The molecule has 3 aliphatic rings. The molecule has 0 radical (unpaired) electrons. The van der Waals surface area contributed by atoms with Gasteiger partial charge in [-0.3, -0.25) is 9.59 Å². The highest BCUT2D eigenvalue weighted by Gasteiger charge is 2.43. The fourth-order valence-electron chi connectivity index (χ4n) is 5.76. The molecule has 3 aliphatic heterocycles. The summed E-state index contributed by atoms with van der Waals surface area (Å²) >= 11 is 0. The number of ether oxygens (including phenoxy) is 1. The normalized spacial score (nSPS) is 26.6. The first-order valence-corrected chi connectivity index (χ1v) is 12.3. The smallest absolute Gasteiger partial charge is 0.254 e. The van der Waals surface area contributed by atoms with Gasteiger partial charge in [-0.15, -0.1) is 0 Å². The summed E-state index contributed by atoms with van der Waals surface area (Å²) in [6, 6.07) is 15.4. The average Bonchev–Trinajstić information content (AvgIpc) is 3.15. The maximum Gasteiger partial charge on any atom is 0.254 e. The molecule has 2 amide bonds. The van der Waals surface area contributed by atoms with Gasteiger partial charge in [-0.1, -0.05) is 24.3 Å². The second-order valence-electron chi connectivity index (χ2n) is 9.74. The van der Waals surface area contributed by atoms with Crippen LogP contribution in [0, 0.1) is 0 Å². The van der Waals surface area contributed by atoms with E-state index in [9.17, 15) is 14.7 Å². The third-order valence-corrected chi connectivity index (χ3v) is 7.70. The van der Waals surface area contributed by atoms with Crippen LogP contribution in [0.25, 0.3) is 0 Å². The summed E-state index contributed by atoms with van der Waals surface area (Å²) in [6.07, 6.45) is 4.12. The van der Waals surface area contributed by atoms with Crippen LogP contribution in [0.15, 0.2) is 48.5 Å². The van der Waals surface area contributed by atoms with Crippen molar-refractivity contribution >= 4 is 11.8 Å². The maximum absolute atomic E-state index is 13.2. The molecule has 5 rings (SSSR count). The van der Waals surface area contributed by atoms with Gasteiger partial charge in [0.2, 0.25) is 0 Å². The highest BCUT2D eigenvalue weighted by Crippen LogP contribution is 2.37. The third-order valence-electron chi connectivity index (χ3n) is 7.70. The van der Waals surface area contributed by atoms with E-state index < -0.39 is 6.10 Å². The number of methoxy groups -OCH3 is 1. The second kappa shape index (κ2) is 9.86. The monoisotopic (exact) mass is 463 g/mol. The topological polar surface area (TPSA) is 90.9 Å². The molecule has 0 spiro atoms. The fraction of sp³-hybridized carbons (Fsp3) is 0.481. The molecule has 2 bridgehead atoms. The minimum absolute atomic E-state index is 0.0353. The summed E-state index contributed by atoms with van der Waals surface area (Å²) in [4.78, 5) is 27.8. The molecule has 0 saturated carbocycles. The van der Waals surface area contributed by atoms with E-state index in [0.29, 0.717) is 17.7 Å². The number of benzene rings is 2. The lowest BCUT2D eigenvalue weighted by atomic mass is 9.93. The van der Waals surface area contributed by atoms with Crippen molar-refractivity contribution in [3.63, 3.8) is 0 Å². The van der Waals surface area contributed by atoms with E-state index in [0.717, 1.165) is 32.1 Å². The van der Waals surface area contributed by atoms with Crippen molar-refractivity contribution in [3.05, 3.63) is 70.8 Å². The van der Waals surface area contributed by atoms with Gasteiger partial charge < -0.3 is 25.4 Å². The molecule has 2 saturated heterocycles. The summed E-state index contributed by atoms with van der Waals surface area (Å²) in [6.45, 7) is 0.878. The lowest BCUT2D eigenvalue weighted by Crippen LogP contribution is -2.49. The number of hydrogen-bond acceptors (Lipinski definition) is 5. The zero-order valence-corrected chi connectivity index (χ0v) is 19.6. The zero-order valence-electron chi connectivity index (χ0n) is 19.6. The van der Waals surface area contributed by atoms with Crippen LogP contribution in [0.2, 0.25) is 0 Å². The van der Waals surface area contributed by atoms with Gasteiger partial charge >= 0.3 is 0 Å². The van der Waals surface area contributed by atoms with Crippen LogP contribution in [-0.4, -0.2) is 65.8 Å². The third kappa shape index (κ3) is 4.60. The standard InChI is InChI=1S/C27H33N3O4/c1-34-23-13-21-10-11-22(14-23)30(21)27(33)18-8-6-17(7-9-18)26(32)29-16-25(31)24-12-19-4-2-3-5-20(19)15-28-24/h2-9,21-25,28,31H,10-16H2,1H3,(H,29,32). The van der Waals surface area contributed by atoms with Gasteiger partial charge in [-0.25, -0.2) is 0 Å². The number of rotatable bonds is 6. The van der Waals surface area contributed by atoms with E-state index in [-0.39, 0.29) is 42.6 Å². The number of aliphatic hydroxyl groups excluding tert-OH is 1. The number of piperidine rings is 1. The Labute approximate surface area is 200 Å². The van der Waals surface area contributed by atoms with Crippen LogP contribution in [0.4, 0.5) is 0 Å². The summed E-state index contributed by atoms with van der Waals surface area (Å²) in [5.74, 6) is -0.219. The fourth-order valence-corrected chi connectivity index (χ4v) is 5.76. The minimum atomic E-state index is -0.691. The molecule has 2 aromatic rings. The molecule has 34 heavy (non-hydrogen) atoms. The van der Waals surface area contributed by atoms with Crippen molar-refractivity contribution in [2.24, 2.45) is 0 Å². The Hall–Kier alpha value is -2.74. The molecule has 3 heterocycles. The molecule has 4 atom stereocenters. The summed E-state index contributed by atoms with van der Waals surface area (Å²) in [5.41, 5.74) is 3.57. The summed E-state index contributed by atoms with van der Waals surface area (Å²) < 4.78 is 5.54. The Morgan fingerprint density at radius 2 is 1.71 bits per heavy atom. The predicted octanol–water partition coefficient (Wildman–Crippen LogP) is 2.27. The van der Waals surface area contributed by atoms with Crippen LogP contribution in [0.3, 0.4) is 0 Å². The van der Waals surface area contributed by atoms with Crippen LogP contribution in [-0.2, 0) is 17.7 Å². The SMILES string of the molecule is COC1CC2CCC(C1)N2C(=O)c1ccc(C(=O)NCC(O)C2Cc3ccccc3CN2)cc1. The molecule has 0 aromatic heterocycles. The Morgan fingerprint density at radius 3 is 2.38 bits per heavy atom. The molecular weight excluding hydrogens is 430 g/mol. The molecular formula is C27H33N3O4. The van der Waals surface area contributed by atoms with Crippen LogP contribution >= 0.6 is 0 Å². The van der Waals surface area contributed by atoms with Crippen LogP contribution in [0.5, 0.6) is 0 Å². The summed E-state index contributed by atoms with van der Waals surface area (Å²) in [7, 11) is 1.75. The molecule has 3 N–H and O–H groups in total. The number of nitrogens with zero attached hydrogens (tertiary/aromatic N) is 1. The number of amides is 2. The van der Waals surface area contributed by atoms with Crippen molar-refractivity contribution in [2.45, 2.75) is 69.0 Å². The van der Waals surface area contributed by atoms with Gasteiger partial charge in [0.15, 0.2) is 0 Å². The highest BCUT2D eigenvalue weighted by atomic mass is 16.5. The summed E-state index contributed by atoms with van der Waals surface area (Å²) in [5, 5.41) is 16.8. The van der Waals surface area contributed by atoms with Crippen molar-refractivity contribution in [1.29, 1.82) is 0 Å². The number of fused-ring (bicyclic) bond motifs is 3. The maximum atomic E-state index is 13.2. The molecule has 180 valence electrons. The van der Waals surface area contributed by atoms with Gasteiger partial charge in [0.05, 0.1) is 12.2 Å². The van der Waals surface area contributed by atoms with Gasteiger partial charge in [-0.2, -0.15) is 0 Å². The predicted molar refractivity (Wildman–Crippen MR) is 129 cm³/mol. The van der Waals surface area contributed by atoms with Crippen molar-refractivity contribution in [2.75, 3.05) is 13.7 Å². The molecule has 0 aliphatic carbocycles. The number of carbonyl (C=O) groups excluding carboxylic acids is 2. The number of nitrogens with one attached hydrogen (secondary N) is 2. The van der Waals surface area contributed by atoms with Crippen LogP contribution in [0.1, 0.15) is 57.5 Å². The first-order chi connectivity index (χ1) is 16.5. The van der Waals surface area contributed by atoms with E-state index in [1.165, 1.54) is 11.1 Å². The quantitative estimate of drug-likeness (QED) is 0.612. The van der Waals surface area contributed by atoms with Gasteiger partial charge in [0.1, 0.15) is 0 Å². The van der Waals surface area contributed by atoms with Crippen molar-refractivity contribution in [3.8, 4) is 0 Å². The Kier molecular flexibility index (Phi) is 6.68. The zero-order chi connectivity index (χ0) is 23.7. The van der Waals surface area contributed by atoms with Gasteiger partial charge in [-0.05, 0) is 67.5 Å². The Morgan fingerprint density at radius 1 is 1.06 bits per heavy atom. The van der Waals surface area contributed by atoms with Crippen molar-refractivity contribution < 1.29 is 19.4 Å². The molecule has 7 nitrogen and oxygen atoms in total. The number of hydrogen-bond donors (Lipinski definition) is 3. The Bertz CT molecular complexity index is 1030. The molecule has 7 heteroatoms. The van der Waals surface area contributed by atoms with E-state index in [1.807, 2.05) is 17.0 Å². The van der Waals surface area contributed by atoms with E-state index in [1.54, 1.807) is 31.4 Å². The largest absolute Gasteiger partial charge is 0.390 e. The number of carbonyl (C=O) groups is 2. The second-order valence-corrected chi connectivity index (χ2v) is 9.74. The van der Waals surface area contributed by atoms with Crippen LogP contribution < -0.4 is 10.6 Å². The Balaban J connectivity index is 1.15. The molecule has 2 fully saturated rings. The van der Waals surface area contributed by atoms with Gasteiger partial charge in [0.25, 0.3) is 11.8 Å². The lowest BCUT2D eigenvalue weighted by Gasteiger charge is -2.38. The minimum Gasteiger partial charge on any atom is -0.390 e. The first-order valence-electron chi connectivity index (χ1n) is 12.3. The van der Waals surface area contributed by atoms with E-state index >= 15 is 0 Å². The van der Waals surface area contributed by atoms with Crippen molar-refractivity contribution in [1.82, 2.24) is 15.5 Å². The highest BCUT2D eigenvalue weighted by molar-refractivity contribution is 5.98. The average molecular weight is 464 g/mol. The molecule has 2 aromatic carbocycles. The number of aliphatic hydroxyl groups is 1. The molecule has 4 unspecified atom stereocenters. The lowest BCUT2D eigenvalue weighted by molar-refractivity contribution is 0.00821.